The Kier molecular flexibility index (Phi) is 5.80. The van der Waals surface area contributed by atoms with Crippen LogP contribution in [-0.4, -0.2) is 44.1 Å². The van der Waals surface area contributed by atoms with Gasteiger partial charge in [-0.25, -0.2) is 4.79 Å². The summed E-state index contributed by atoms with van der Waals surface area (Å²) in [5.74, 6) is 1.21. The number of rotatable bonds is 5. The molecule has 7 heteroatoms. The van der Waals surface area contributed by atoms with Gasteiger partial charge >= 0.3 is 6.03 Å². The van der Waals surface area contributed by atoms with Crippen molar-refractivity contribution < 1.29 is 19.1 Å². The molecule has 3 rings (SSSR count). The van der Waals surface area contributed by atoms with Gasteiger partial charge in [0.1, 0.15) is 0 Å². The molecular formula is C20H23N3O4. The maximum absolute atomic E-state index is 12.5. The number of carbonyl (C=O) groups excluding carboxylic acids is 2. The Hall–Kier alpha value is -3.22. The lowest BCUT2D eigenvalue weighted by atomic mass is 9.98. The normalized spacial score (nSPS) is 12.7. The van der Waals surface area contributed by atoms with Gasteiger partial charge in [0.05, 0.1) is 20.8 Å². The predicted octanol–water partition coefficient (Wildman–Crippen LogP) is 2.41. The van der Waals surface area contributed by atoms with Gasteiger partial charge in [0.15, 0.2) is 11.5 Å². The zero-order valence-electron chi connectivity index (χ0n) is 15.5. The van der Waals surface area contributed by atoms with Gasteiger partial charge in [-0.2, -0.15) is 0 Å². The number of fused-ring (bicyclic) bond motifs is 1. The van der Waals surface area contributed by atoms with Crippen LogP contribution in [0.15, 0.2) is 42.5 Å². The van der Waals surface area contributed by atoms with E-state index in [1.807, 2.05) is 30.3 Å². The molecule has 3 amide bonds. The zero-order valence-corrected chi connectivity index (χ0v) is 15.5. The number of hydrogen-bond acceptors (Lipinski definition) is 4. The molecule has 1 heterocycles. The van der Waals surface area contributed by atoms with Gasteiger partial charge in [-0.3, -0.25) is 4.79 Å². The molecule has 142 valence electrons. The lowest BCUT2D eigenvalue weighted by Gasteiger charge is -2.29. The number of anilines is 1. The van der Waals surface area contributed by atoms with E-state index in [0.29, 0.717) is 30.3 Å². The molecule has 1 aliphatic rings. The Morgan fingerprint density at radius 3 is 2.37 bits per heavy atom. The molecule has 0 saturated heterocycles. The minimum atomic E-state index is -0.404. The molecule has 2 aromatic carbocycles. The second-order valence-electron chi connectivity index (χ2n) is 6.21. The Bertz CT molecular complexity index is 823. The van der Waals surface area contributed by atoms with Crippen molar-refractivity contribution in [3.63, 3.8) is 0 Å². The molecule has 0 fully saturated rings. The van der Waals surface area contributed by atoms with Crippen molar-refractivity contribution in [1.82, 2.24) is 10.2 Å². The van der Waals surface area contributed by atoms with E-state index in [1.54, 1.807) is 31.3 Å². The Morgan fingerprint density at radius 2 is 1.70 bits per heavy atom. The minimum absolute atomic E-state index is 0.0543. The summed E-state index contributed by atoms with van der Waals surface area (Å²) in [6.45, 7) is 1.03. The van der Waals surface area contributed by atoms with Crippen molar-refractivity contribution in [2.24, 2.45) is 0 Å². The average Bonchev–Trinajstić information content (AvgIpc) is 2.71. The Balaban J connectivity index is 1.56. The Morgan fingerprint density at radius 1 is 1.04 bits per heavy atom. The molecule has 0 bridgehead atoms. The molecule has 1 aliphatic heterocycles. The first-order chi connectivity index (χ1) is 13.1. The van der Waals surface area contributed by atoms with Gasteiger partial charge in [0.2, 0.25) is 5.91 Å². The summed E-state index contributed by atoms with van der Waals surface area (Å²) in [4.78, 5) is 26.1. The van der Waals surface area contributed by atoms with E-state index in [0.717, 1.165) is 17.5 Å². The van der Waals surface area contributed by atoms with Gasteiger partial charge in [-0.1, -0.05) is 18.2 Å². The fourth-order valence-corrected chi connectivity index (χ4v) is 3.06. The summed E-state index contributed by atoms with van der Waals surface area (Å²) < 4.78 is 10.7. The first-order valence-corrected chi connectivity index (χ1v) is 8.72. The van der Waals surface area contributed by atoms with Crippen molar-refractivity contribution in [3.8, 4) is 11.5 Å². The molecule has 2 aromatic rings. The molecule has 0 radical (unpaired) electrons. The van der Waals surface area contributed by atoms with Crippen LogP contribution in [0.1, 0.15) is 11.1 Å². The molecule has 0 spiro atoms. The minimum Gasteiger partial charge on any atom is -0.493 e. The van der Waals surface area contributed by atoms with Crippen LogP contribution in [0, 0.1) is 0 Å². The van der Waals surface area contributed by atoms with Gasteiger partial charge in [0, 0.05) is 18.8 Å². The molecule has 0 saturated carbocycles. The van der Waals surface area contributed by atoms with E-state index in [-0.39, 0.29) is 12.5 Å². The lowest BCUT2D eigenvalue weighted by Crippen LogP contribution is -2.43. The van der Waals surface area contributed by atoms with Crippen molar-refractivity contribution in [3.05, 3.63) is 53.6 Å². The van der Waals surface area contributed by atoms with E-state index in [1.165, 1.54) is 0 Å². The number of carbonyl (C=O) groups is 2. The molecule has 0 atom stereocenters. The predicted molar refractivity (Wildman–Crippen MR) is 102 cm³/mol. The third kappa shape index (κ3) is 4.49. The number of amides is 3. The molecular weight excluding hydrogens is 346 g/mol. The SMILES string of the molecule is COc1cc2c(cc1OC)CN(C(=O)CNC(=O)Nc1ccccc1)CC2. The first kappa shape index (κ1) is 18.6. The van der Waals surface area contributed by atoms with Gasteiger partial charge in [0.25, 0.3) is 0 Å². The molecule has 2 N–H and O–H groups in total. The highest BCUT2D eigenvalue weighted by Gasteiger charge is 2.23. The second-order valence-corrected chi connectivity index (χ2v) is 6.21. The van der Waals surface area contributed by atoms with Crippen molar-refractivity contribution in [1.29, 1.82) is 0 Å². The van der Waals surface area contributed by atoms with Crippen LogP contribution in [0.25, 0.3) is 0 Å². The van der Waals surface area contributed by atoms with E-state index in [2.05, 4.69) is 10.6 Å². The van der Waals surface area contributed by atoms with E-state index >= 15 is 0 Å². The van der Waals surface area contributed by atoms with Crippen molar-refractivity contribution in [2.45, 2.75) is 13.0 Å². The van der Waals surface area contributed by atoms with Crippen LogP contribution in [0.2, 0.25) is 0 Å². The summed E-state index contributed by atoms with van der Waals surface area (Å²) in [6, 6.07) is 12.5. The maximum atomic E-state index is 12.5. The fraction of sp³-hybridized carbons (Fsp3) is 0.300. The summed E-state index contributed by atoms with van der Waals surface area (Å²) in [5.41, 5.74) is 2.85. The van der Waals surface area contributed by atoms with Crippen LogP contribution in [0.5, 0.6) is 11.5 Å². The number of urea groups is 1. The topological polar surface area (TPSA) is 79.9 Å². The smallest absolute Gasteiger partial charge is 0.319 e. The third-order valence-corrected chi connectivity index (χ3v) is 4.50. The number of nitrogens with one attached hydrogen (secondary N) is 2. The number of methoxy groups -OCH3 is 2. The zero-order chi connectivity index (χ0) is 19.2. The first-order valence-electron chi connectivity index (χ1n) is 8.72. The maximum Gasteiger partial charge on any atom is 0.319 e. The van der Waals surface area contributed by atoms with Crippen molar-refractivity contribution >= 4 is 17.6 Å². The fourth-order valence-electron chi connectivity index (χ4n) is 3.06. The monoisotopic (exact) mass is 369 g/mol. The van der Waals surface area contributed by atoms with Gasteiger partial charge < -0.3 is 25.0 Å². The highest BCUT2D eigenvalue weighted by Crippen LogP contribution is 2.33. The number of nitrogens with zero attached hydrogens (tertiary/aromatic N) is 1. The van der Waals surface area contributed by atoms with Crippen LogP contribution in [0.4, 0.5) is 10.5 Å². The van der Waals surface area contributed by atoms with E-state index < -0.39 is 6.03 Å². The Labute approximate surface area is 158 Å². The second kappa shape index (κ2) is 8.44. The number of benzene rings is 2. The number of ether oxygens (including phenoxy) is 2. The standard InChI is InChI=1S/C20H23N3O4/c1-26-17-10-14-8-9-23(13-15(14)11-18(17)27-2)19(24)12-21-20(25)22-16-6-4-3-5-7-16/h3-7,10-11H,8-9,12-13H2,1-2H3,(H2,21,22,25). The van der Waals surface area contributed by atoms with Crippen LogP contribution < -0.4 is 20.1 Å². The van der Waals surface area contributed by atoms with Crippen LogP contribution in [0.3, 0.4) is 0 Å². The number of hydrogen-bond donors (Lipinski definition) is 2. The highest BCUT2D eigenvalue weighted by molar-refractivity contribution is 5.92. The van der Waals surface area contributed by atoms with Gasteiger partial charge in [-0.05, 0) is 41.8 Å². The van der Waals surface area contributed by atoms with E-state index in [4.69, 9.17) is 9.47 Å². The third-order valence-electron chi connectivity index (χ3n) is 4.50. The van der Waals surface area contributed by atoms with Crippen LogP contribution >= 0.6 is 0 Å². The summed E-state index contributed by atoms with van der Waals surface area (Å²) in [7, 11) is 3.19. The highest BCUT2D eigenvalue weighted by atomic mass is 16.5. The summed E-state index contributed by atoms with van der Waals surface area (Å²) in [6.07, 6.45) is 0.734. The quantitative estimate of drug-likeness (QED) is 0.848. The average molecular weight is 369 g/mol. The number of para-hydroxylation sites is 1. The molecule has 0 aliphatic carbocycles. The summed E-state index contributed by atoms with van der Waals surface area (Å²) >= 11 is 0. The molecule has 0 aromatic heterocycles. The lowest BCUT2D eigenvalue weighted by molar-refractivity contribution is -0.130. The summed E-state index contributed by atoms with van der Waals surface area (Å²) in [5, 5.41) is 5.30. The van der Waals surface area contributed by atoms with Crippen LogP contribution in [-0.2, 0) is 17.8 Å². The molecule has 27 heavy (non-hydrogen) atoms. The van der Waals surface area contributed by atoms with Gasteiger partial charge in [-0.15, -0.1) is 0 Å². The largest absolute Gasteiger partial charge is 0.493 e. The van der Waals surface area contributed by atoms with Crippen molar-refractivity contribution in [2.75, 3.05) is 32.6 Å². The molecule has 7 nitrogen and oxygen atoms in total. The van der Waals surface area contributed by atoms with E-state index in [9.17, 15) is 9.59 Å². The molecule has 0 unspecified atom stereocenters.